The van der Waals surface area contributed by atoms with Crippen LogP contribution in [0.4, 0.5) is 0 Å². The molecule has 18 heavy (non-hydrogen) atoms. The molecule has 1 amide bonds. The SMILES string of the molecule is CCCCOCC(=O)NCC1(O)CCCCCC1. The number of carbonyl (C=O) groups excluding carboxylic acids is 1. The summed E-state index contributed by atoms with van der Waals surface area (Å²) < 4.78 is 5.24. The number of unbranched alkanes of at least 4 members (excludes halogenated alkanes) is 1. The molecule has 0 unspecified atom stereocenters. The number of aliphatic hydroxyl groups is 1. The zero-order chi connectivity index (χ0) is 13.3. The first-order chi connectivity index (χ1) is 8.66. The van der Waals surface area contributed by atoms with E-state index in [0.717, 1.165) is 38.5 Å². The fourth-order valence-electron chi connectivity index (χ4n) is 2.29. The minimum absolute atomic E-state index is 0.107. The molecule has 1 aliphatic carbocycles. The Balaban J connectivity index is 2.15. The summed E-state index contributed by atoms with van der Waals surface area (Å²) in [5.41, 5.74) is -0.699. The van der Waals surface area contributed by atoms with Gasteiger partial charge in [0.1, 0.15) is 6.61 Å². The third-order valence-electron chi connectivity index (χ3n) is 3.52. The smallest absolute Gasteiger partial charge is 0.246 e. The maximum Gasteiger partial charge on any atom is 0.246 e. The molecule has 0 saturated heterocycles. The average molecular weight is 257 g/mol. The summed E-state index contributed by atoms with van der Waals surface area (Å²) in [4.78, 5) is 11.5. The second kappa shape index (κ2) is 8.48. The van der Waals surface area contributed by atoms with Crippen molar-refractivity contribution in [2.45, 2.75) is 63.9 Å². The van der Waals surface area contributed by atoms with Gasteiger partial charge in [-0.2, -0.15) is 0 Å². The monoisotopic (exact) mass is 257 g/mol. The highest BCUT2D eigenvalue weighted by molar-refractivity contribution is 5.77. The van der Waals surface area contributed by atoms with Crippen LogP contribution in [0.1, 0.15) is 58.3 Å². The molecule has 1 rings (SSSR count). The minimum atomic E-state index is -0.699. The summed E-state index contributed by atoms with van der Waals surface area (Å²) in [6.45, 7) is 3.19. The van der Waals surface area contributed by atoms with Gasteiger partial charge in [-0.25, -0.2) is 0 Å². The van der Waals surface area contributed by atoms with Crippen molar-refractivity contribution in [2.24, 2.45) is 0 Å². The number of ether oxygens (including phenoxy) is 1. The highest BCUT2D eigenvalue weighted by Crippen LogP contribution is 2.26. The maximum absolute atomic E-state index is 11.5. The summed E-state index contributed by atoms with van der Waals surface area (Å²) in [5.74, 6) is -0.122. The molecular weight excluding hydrogens is 230 g/mol. The Hall–Kier alpha value is -0.610. The van der Waals surface area contributed by atoms with Gasteiger partial charge in [0, 0.05) is 13.2 Å². The number of nitrogens with one attached hydrogen (secondary N) is 1. The Kier molecular flexibility index (Phi) is 7.28. The summed E-state index contributed by atoms with van der Waals surface area (Å²) in [5, 5.41) is 13.1. The summed E-state index contributed by atoms with van der Waals surface area (Å²) in [6.07, 6.45) is 8.14. The molecule has 4 nitrogen and oxygen atoms in total. The standard InChI is InChI=1S/C14H27NO3/c1-2-3-10-18-11-13(16)15-12-14(17)8-6-4-5-7-9-14/h17H,2-12H2,1H3,(H,15,16). The largest absolute Gasteiger partial charge is 0.388 e. The Labute approximate surface area is 110 Å². The van der Waals surface area contributed by atoms with E-state index in [1.807, 2.05) is 0 Å². The van der Waals surface area contributed by atoms with E-state index in [1.54, 1.807) is 0 Å². The van der Waals surface area contributed by atoms with Gasteiger partial charge >= 0.3 is 0 Å². The zero-order valence-corrected chi connectivity index (χ0v) is 11.5. The fourth-order valence-corrected chi connectivity index (χ4v) is 2.29. The van der Waals surface area contributed by atoms with E-state index in [0.29, 0.717) is 13.2 Å². The van der Waals surface area contributed by atoms with Gasteiger partial charge in [0.2, 0.25) is 5.91 Å². The third kappa shape index (κ3) is 6.36. The molecule has 0 aromatic heterocycles. The van der Waals surface area contributed by atoms with Crippen LogP contribution in [-0.2, 0) is 9.53 Å². The summed E-state index contributed by atoms with van der Waals surface area (Å²) in [7, 11) is 0. The molecule has 2 N–H and O–H groups in total. The van der Waals surface area contributed by atoms with Crippen LogP contribution >= 0.6 is 0 Å². The van der Waals surface area contributed by atoms with Crippen LogP contribution in [0.2, 0.25) is 0 Å². The van der Waals surface area contributed by atoms with Crippen LogP contribution in [0.15, 0.2) is 0 Å². The van der Waals surface area contributed by atoms with E-state index in [-0.39, 0.29) is 12.5 Å². The van der Waals surface area contributed by atoms with E-state index >= 15 is 0 Å². The van der Waals surface area contributed by atoms with Gasteiger partial charge in [-0.05, 0) is 19.3 Å². The lowest BCUT2D eigenvalue weighted by Crippen LogP contribution is -2.43. The Bertz CT molecular complexity index is 235. The van der Waals surface area contributed by atoms with Crippen LogP contribution in [0.5, 0.6) is 0 Å². The molecule has 0 spiro atoms. The van der Waals surface area contributed by atoms with E-state index < -0.39 is 5.60 Å². The number of hydrogen-bond acceptors (Lipinski definition) is 3. The van der Waals surface area contributed by atoms with Gasteiger partial charge in [0.05, 0.1) is 5.60 Å². The molecule has 4 heteroatoms. The zero-order valence-electron chi connectivity index (χ0n) is 11.5. The summed E-state index contributed by atoms with van der Waals surface area (Å²) >= 11 is 0. The lowest BCUT2D eigenvalue weighted by Gasteiger charge is -2.26. The second-order valence-electron chi connectivity index (χ2n) is 5.32. The molecule has 1 saturated carbocycles. The van der Waals surface area contributed by atoms with Crippen molar-refractivity contribution in [3.8, 4) is 0 Å². The Morgan fingerprint density at radius 1 is 1.28 bits per heavy atom. The molecule has 106 valence electrons. The molecule has 1 aliphatic rings. The van der Waals surface area contributed by atoms with E-state index in [2.05, 4.69) is 12.2 Å². The topological polar surface area (TPSA) is 58.6 Å². The minimum Gasteiger partial charge on any atom is -0.388 e. The van der Waals surface area contributed by atoms with Gasteiger partial charge < -0.3 is 15.2 Å². The van der Waals surface area contributed by atoms with Crippen molar-refractivity contribution in [1.29, 1.82) is 0 Å². The first-order valence-electron chi connectivity index (χ1n) is 7.23. The van der Waals surface area contributed by atoms with Crippen molar-refractivity contribution in [3.63, 3.8) is 0 Å². The first-order valence-corrected chi connectivity index (χ1v) is 7.23. The second-order valence-corrected chi connectivity index (χ2v) is 5.32. The third-order valence-corrected chi connectivity index (χ3v) is 3.52. The Morgan fingerprint density at radius 2 is 1.94 bits per heavy atom. The average Bonchev–Trinajstić information content (AvgIpc) is 2.58. The van der Waals surface area contributed by atoms with Crippen LogP contribution in [0.25, 0.3) is 0 Å². The molecule has 0 heterocycles. The fraction of sp³-hybridized carbons (Fsp3) is 0.929. The molecular formula is C14H27NO3. The predicted octanol–water partition coefficient (Wildman–Crippen LogP) is 2.00. The first kappa shape index (κ1) is 15.4. The van der Waals surface area contributed by atoms with Crippen molar-refractivity contribution in [3.05, 3.63) is 0 Å². The number of amides is 1. The molecule has 0 bridgehead atoms. The van der Waals surface area contributed by atoms with Crippen molar-refractivity contribution < 1.29 is 14.6 Å². The van der Waals surface area contributed by atoms with Gasteiger partial charge in [0.25, 0.3) is 0 Å². The van der Waals surface area contributed by atoms with Crippen molar-refractivity contribution in [2.75, 3.05) is 19.8 Å². The van der Waals surface area contributed by atoms with Crippen molar-refractivity contribution in [1.82, 2.24) is 5.32 Å². The quantitative estimate of drug-likeness (QED) is 0.542. The normalized spacial score (nSPS) is 19.2. The Morgan fingerprint density at radius 3 is 2.56 bits per heavy atom. The number of hydrogen-bond donors (Lipinski definition) is 2. The molecule has 0 aliphatic heterocycles. The van der Waals surface area contributed by atoms with Crippen molar-refractivity contribution >= 4 is 5.91 Å². The highest BCUT2D eigenvalue weighted by atomic mass is 16.5. The van der Waals surface area contributed by atoms with Gasteiger partial charge in [0.15, 0.2) is 0 Å². The molecule has 0 radical (unpaired) electrons. The van der Waals surface area contributed by atoms with E-state index in [1.165, 1.54) is 12.8 Å². The van der Waals surface area contributed by atoms with E-state index in [4.69, 9.17) is 4.74 Å². The summed E-state index contributed by atoms with van der Waals surface area (Å²) in [6, 6.07) is 0. The molecule has 1 fully saturated rings. The lowest BCUT2D eigenvalue weighted by atomic mass is 9.94. The van der Waals surface area contributed by atoms with Gasteiger partial charge in [-0.3, -0.25) is 4.79 Å². The maximum atomic E-state index is 11.5. The molecule has 0 atom stereocenters. The van der Waals surface area contributed by atoms with Crippen LogP contribution in [-0.4, -0.2) is 36.4 Å². The molecule has 0 aromatic rings. The van der Waals surface area contributed by atoms with E-state index in [9.17, 15) is 9.90 Å². The van der Waals surface area contributed by atoms with Crippen LogP contribution in [0, 0.1) is 0 Å². The molecule has 0 aromatic carbocycles. The van der Waals surface area contributed by atoms with Crippen LogP contribution < -0.4 is 5.32 Å². The van der Waals surface area contributed by atoms with Gasteiger partial charge in [-0.1, -0.05) is 39.0 Å². The van der Waals surface area contributed by atoms with Gasteiger partial charge in [-0.15, -0.1) is 0 Å². The van der Waals surface area contributed by atoms with Crippen LogP contribution in [0.3, 0.4) is 0 Å². The predicted molar refractivity (Wildman–Crippen MR) is 71.4 cm³/mol. The number of carbonyl (C=O) groups is 1. The lowest BCUT2D eigenvalue weighted by molar-refractivity contribution is -0.127. The number of rotatable bonds is 7. The highest BCUT2D eigenvalue weighted by Gasteiger charge is 2.28.